The molecule has 0 saturated heterocycles. The van der Waals surface area contributed by atoms with Crippen LogP contribution in [0.3, 0.4) is 0 Å². The smallest absolute Gasteiger partial charge is 0.410 e. The van der Waals surface area contributed by atoms with Crippen LogP contribution < -0.4 is 14.5 Å². The van der Waals surface area contributed by atoms with Crippen molar-refractivity contribution >= 4 is 35.0 Å². The molecule has 1 saturated carbocycles. The van der Waals surface area contributed by atoms with Crippen molar-refractivity contribution in [3.05, 3.63) is 59.4 Å². The van der Waals surface area contributed by atoms with Crippen LogP contribution in [0.25, 0.3) is 11.1 Å². The third-order valence-corrected chi connectivity index (χ3v) is 6.40. The van der Waals surface area contributed by atoms with Gasteiger partial charge in [-0.2, -0.15) is 5.10 Å². The van der Waals surface area contributed by atoms with Crippen LogP contribution in [0.2, 0.25) is 5.02 Å². The molecule has 5 rings (SSSR count). The second kappa shape index (κ2) is 8.23. The van der Waals surface area contributed by atoms with E-state index in [9.17, 15) is 9.59 Å². The SMILES string of the molecule is CC(=O)N1c2ccc(-c3cnn(C4CC4)c3)cc2N(C(=O)Oc2ccc(Cl)cc2C)C[C@@H]1C. The molecule has 2 amide bonds. The van der Waals surface area contributed by atoms with Crippen LogP contribution in [0.5, 0.6) is 5.75 Å². The van der Waals surface area contributed by atoms with Gasteiger partial charge >= 0.3 is 6.09 Å². The summed E-state index contributed by atoms with van der Waals surface area (Å²) in [6, 6.07) is 11.2. The van der Waals surface area contributed by atoms with Crippen molar-refractivity contribution in [2.24, 2.45) is 0 Å². The first-order valence-corrected chi connectivity index (χ1v) is 11.4. The molecule has 1 atom stereocenters. The maximum Gasteiger partial charge on any atom is 0.419 e. The number of amides is 2. The Hall–Kier alpha value is -3.32. The number of nitrogens with zero attached hydrogens (tertiary/aromatic N) is 4. The molecule has 7 nitrogen and oxygen atoms in total. The van der Waals surface area contributed by atoms with Crippen molar-refractivity contribution in [1.82, 2.24) is 9.78 Å². The summed E-state index contributed by atoms with van der Waals surface area (Å²) in [7, 11) is 0. The molecule has 33 heavy (non-hydrogen) atoms. The Balaban J connectivity index is 1.52. The number of ether oxygens (including phenoxy) is 1. The minimum absolute atomic E-state index is 0.0698. The van der Waals surface area contributed by atoms with Gasteiger partial charge in [0.1, 0.15) is 5.75 Å². The van der Waals surface area contributed by atoms with Gasteiger partial charge in [0.05, 0.1) is 29.7 Å². The lowest BCUT2D eigenvalue weighted by molar-refractivity contribution is -0.117. The molecule has 0 unspecified atom stereocenters. The van der Waals surface area contributed by atoms with E-state index >= 15 is 0 Å². The molecule has 2 aromatic carbocycles. The minimum atomic E-state index is -0.498. The lowest BCUT2D eigenvalue weighted by Gasteiger charge is -2.40. The second-order valence-corrected chi connectivity index (χ2v) is 9.21. The highest BCUT2D eigenvalue weighted by Crippen LogP contribution is 2.40. The van der Waals surface area contributed by atoms with Gasteiger partial charge in [-0.25, -0.2) is 4.79 Å². The summed E-state index contributed by atoms with van der Waals surface area (Å²) in [6.07, 6.45) is 5.69. The average molecular weight is 465 g/mol. The number of aromatic nitrogens is 2. The highest BCUT2D eigenvalue weighted by Gasteiger charge is 2.35. The quantitative estimate of drug-likeness (QED) is 0.505. The number of benzene rings is 2. The third-order valence-electron chi connectivity index (χ3n) is 6.16. The maximum absolute atomic E-state index is 13.3. The standard InChI is InChI=1S/C25H25ClN4O3/c1-15-10-20(26)5-9-24(15)33-25(32)28-13-16(2)30(17(3)31)22-8-4-18(11-23(22)28)19-12-27-29(14-19)21-6-7-21/h4-5,8-12,14,16,21H,6-7,13H2,1-3H3/t16-/m0/s1. The van der Waals surface area contributed by atoms with E-state index in [1.54, 1.807) is 34.9 Å². The van der Waals surface area contributed by atoms with E-state index in [1.165, 1.54) is 0 Å². The number of carbonyl (C=O) groups excluding carboxylic acids is 2. The summed E-state index contributed by atoms with van der Waals surface area (Å²) in [4.78, 5) is 29.0. The van der Waals surface area contributed by atoms with Crippen LogP contribution in [0.1, 0.15) is 38.3 Å². The summed E-state index contributed by atoms with van der Waals surface area (Å²) in [5, 5.41) is 5.07. The highest BCUT2D eigenvalue weighted by atomic mass is 35.5. The van der Waals surface area contributed by atoms with E-state index in [1.807, 2.05) is 49.1 Å². The van der Waals surface area contributed by atoms with E-state index < -0.39 is 6.09 Å². The average Bonchev–Trinajstić information content (AvgIpc) is 3.51. The first-order valence-electron chi connectivity index (χ1n) is 11.1. The molecule has 1 aromatic heterocycles. The zero-order valence-corrected chi connectivity index (χ0v) is 19.5. The molecular weight excluding hydrogens is 440 g/mol. The van der Waals surface area contributed by atoms with Gasteiger partial charge in [0.2, 0.25) is 5.91 Å². The van der Waals surface area contributed by atoms with Gasteiger partial charge in [-0.1, -0.05) is 17.7 Å². The van der Waals surface area contributed by atoms with Crippen LogP contribution in [-0.4, -0.2) is 34.4 Å². The molecule has 2 aliphatic rings. The monoisotopic (exact) mass is 464 g/mol. The molecule has 2 heterocycles. The Morgan fingerprint density at radius 2 is 1.88 bits per heavy atom. The molecule has 0 N–H and O–H groups in total. The minimum Gasteiger partial charge on any atom is -0.410 e. The number of hydrogen-bond acceptors (Lipinski definition) is 4. The van der Waals surface area contributed by atoms with Gasteiger partial charge < -0.3 is 9.64 Å². The van der Waals surface area contributed by atoms with Crippen LogP contribution in [0.15, 0.2) is 48.8 Å². The molecule has 0 radical (unpaired) electrons. The Morgan fingerprint density at radius 3 is 2.58 bits per heavy atom. The number of halogens is 1. The molecule has 0 bridgehead atoms. The van der Waals surface area contributed by atoms with E-state index in [-0.39, 0.29) is 11.9 Å². The number of hydrogen-bond donors (Lipinski definition) is 0. The van der Waals surface area contributed by atoms with Crippen LogP contribution in [0, 0.1) is 6.92 Å². The molecule has 3 aromatic rings. The van der Waals surface area contributed by atoms with Crippen molar-refractivity contribution in [2.45, 2.75) is 45.7 Å². The summed E-state index contributed by atoms with van der Waals surface area (Å²) in [6.45, 7) is 5.63. The van der Waals surface area contributed by atoms with Crippen molar-refractivity contribution < 1.29 is 14.3 Å². The van der Waals surface area contributed by atoms with E-state index in [0.717, 1.165) is 29.5 Å². The molecule has 8 heteroatoms. The maximum atomic E-state index is 13.3. The molecule has 1 aliphatic heterocycles. The van der Waals surface area contributed by atoms with Gasteiger partial charge in [0.25, 0.3) is 0 Å². The number of carbonyl (C=O) groups is 2. The number of fused-ring (bicyclic) bond motifs is 1. The van der Waals surface area contributed by atoms with Gasteiger partial charge in [0.15, 0.2) is 0 Å². The van der Waals surface area contributed by atoms with Crippen LogP contribution in [-0.2, 0) is 4.79 Å². The Kier molecular flexibility index (Phi) is 5.37. The highest BCUT2D eigenvalue weighted by molar-refractivity contribution is 6.30. The van der Waals surface area contributed by atoms with Crippen LogP contribution in [0.4, 0.5) is 16.2 Å². The zero-order valence-electron chi connectivity index (χ0n) is 18.8. The first kappa shape index (κ1) is 21.5. The van der Waals surface area contributed by atoms with Crippen molar-refractivity contribution in [3.63, 3.8) is 0 Å². The van der Waals surface area contributed by atoms with Gasteiger partial charge in [0, 0.05) is 30.3 Å². The molecule has 1 fully saturated rings. The number of aryl methyl sites for hydroxylation is 1. The first-order chi connectivity index (χ1) is 15.8. The Bertz CT molecular complexity index is 1250. The van der Waals surface area contributed by atoms with E-state index in [2.05, 4.69) is 5.10 Å². The fourth-order valence-electron chi connectivity index (χ4n) is 4.36. The molecule has 1 aliphatic carbocycles. The summed E-state index contributed by atoms with van der Waals surface area (Å²) >= 11 is 6.04. The zero-order chi connectivity index (χ0) is 23.3. The largest absolute Gasteiger partial charge is 0.419 e. The Labute approximate surface area is 197 Å². The third kappa shape index (κ3) is 4.09. The fraction of sp³-hybridized carbons (Fsp3) is 0.320. The van der Waals surface area contributed by atoms with Gasteiger partial charge in [-0.15, -0.1) is 0 Å². The van der Waals surface area contributed by atoms with Crippen molar-refractivity contribution in [2.75, 3.05) is 16.3 Å². The van der Waals surface area contributed by atoms with Crippen LogP contribution >= 0.6 is 11.6 Å². The fourth-order valence-corrected chi connectivity index (χ4v) is 4.59. The Morgan fingerprint density at radius 1 is 1.09 bits per heavy atom. The van der Waals surface area contributed by atoms with Gasteiger partial charge in [-0.3, -0.25) is 14.4 Å². The molecule has 170 valence electrons. The summed E-state index contributed by atoms with van der Waals surface area (Å²) < 4.78 is 7.73. The molecule has 0 spiro atoms. The lowest BCUT2D eigenvalue weighted by atomic mass is 10.0. The van der Waals surface area contributed by atoms with E-state index in [4.69, 9.17) is 16.3 Å². The summed E-state index contributed by atoms with van der Waals surface area (Å²) in [5.74, 6) is 0.383. The van der Waals surface area contributed by atoms with Crippen molar-refractivity contribution in [3.8, 4) is 16.9 Å². The lowest BCUT2D eigenvalue weighted by Crippen LogP contribution is -2.52. The topological polar surface area (TPSA) is 67.7 Å². The number of rotatable bonds is 3. The summed E-state index contributed by atoms with van der Waals surface area (Å²) in [5.41, 5.74) is 3.99. The van der Waals surface area contributed by atoms with Gasteiger partial charge in [-0.05, 0) is 68.1 Å². The van der Waals surface area contributed by atoms with Crippen molar-refractivity contribution in [1.29, 1.82) is 0 Å². The second-order valence-electron chi connectivity index (χ2n) is 8.77. The number of anilines is 2. The normalized spacial score (nSPS) is 17.6. The van der Waals surface area contributed by atoms with E-state index in [0.29, 0.717) is 34.7 Å². The predicted molar refractivity (Wildman–Crippen MR) is 128 cm³/mol. The predicted octanol–water partition coefficient (Wildman–Crippen LogP) is 5.61. The molecular formula is C25H25ClN4O3.